The molecular weight excluding hydrogens is 370 g/mol. The van der Waals surface area contributed by atoms with Crippen LogP contribution in [-0.4, -0.2) is 87.2 Å². The summed E-state index contributed by atoms with van der Waals surface area (Å²) >= 11 is 0. The van der Waals surface area contributed by atoms with Crippen molar-refractivity contribution < 1.29 is 38.1 Å². The maximum absolute atomic E-state index is 11.8. The van der Waals surface area contributed by atoms with Gasteiger partial charge in [-0.15, -0.1) is 0 Å². The van der Waals surface area contributed by atoms with Crippen LogP contribution >= 0.6 is 0 Å². The van der Waals surface area contributed by atoms with Crippen molar-refractivity contribution in [2.24, 2.45) is 0 Å². The van der Waals surface area contributed by atoms with Gasteiger partial charge >= 0.3 is 5.97 Å². The van der Waals surface area contributed by atoms with Crippen molar-refractivity contribution in [3.63, 3.8) is 0 Å². The summed E-state index contributed by atoms with van der Waals surface area (Å²) in [5.74, 6) is -1.15. The van der Waals surface area contributed by atoms with E-state index in [9.17, 15) is 19.2 Å². The van der Waals surface area contributed by atoms with Gasteiger partial charge in [0.15, 0.2) is 11.6 Å². The monoisotopic (exact) mass is 403 g/mol. The zero-order valence-electron chi connectivity index (χ0n) is 18.0. The highest BCUT2D eigenvalue weighted by molar-refractivity contribution is 6.02. The predicted octanol–water partition coefficient (Wildman–Crippen LogP) is 0.773. The van der Waals surface area contributed by atoms with E-state index in [4.69, 9.17) is 14.2 Å². The van der Waals surface area contributed by atoms with Crippen molar-refractivity contribution in [1.29, 1.82) is 0 Å². The van der Waals surface area contributed by atoms with Crippen LogP contribution in [0.4, 0.5) is 0 Å². The average molecular weight is 403 g/mol. The summed E-state index contributed by atoms with van der Waals surface area (Å²) in [5, 5.41) is 0. The van der Waals surface area contributed by atoms with Gasteiger partial charge < -0.3 is 23.8 Å². The number of Topliss-reactive ketones (excluding diaryl/α,β-unsaturated/α-hetero) is 2. The van der Waals surface area contributed by atoms with Crippen molar-refractivity contribution in [2.45, 2.75) is 51.7 Å². The molecule has 1 heterocycles. The molecule has 0 aromatic rings. The first-order valence-corrected chi connectivity index (χ1v) is 9.00. The Balaban J connectivity index is 0.000000546. The van der Waals surface area contributed by atoms with Crippen LogP contribution in [0.1, 0.15) is 40.5 Å². The van der Waals surface area contributed by atoms with Gasteiger partial charge in [0.25, 0.3) is 0 Å². The van der Waals surface area contributed by atoms with Gasteiger partial charge in [-0.1, -0.05) is 0 Å². The minimum absolute atomic E-state index is 0.0964. The Morgan fingerprint density at radius 3 is 1.64 bits per heavy atom. The second-order valence-corrected chi connectivity index (χ2v) is 7.20. The number of carbonyl (C=O) groups excluding carboxylic acids is 4. The number of methoxy groups -OCH3 is 3. The molecule has 0 saturated carbocycles. The van der Waals surface area contributed by atoms with Gasteiger partial charge in [0.2, 0.25) is 5.91 Å². The van der Waals surface area contributed by atoms with Gasteiger partial charge in [0.1, 0.15) is 17.6 Å². The lowest BCUT2D eigenvalue weighted by Gasteiger charge is -2.28. The van der Waals surface area contributed by atoms with Crippen LogP contribution in [-0.2, 0) is 38.1 Å². The van der Waals surface area contributed by atoms with Crippen LogP contribution in [0.2, 0.25) is 0 Å². The van der Waals surface area contributed by atoms with E-state index in [1.807, 2.05) is 0 Å². The summed E-state index contributed by atoms with van der Waals surface area (Å²) in [6, 6.07) is 0. The Labute approximate surface area is 166 Å². The molecule has 162 valence electrons. The van der Waals surface area contributed by atoms with Crippen LogP contribution in [0, 0.1) is 0 Å². The Hall–Kier alpha value is -1.84. The summed E-state index contributed by atoms with van der Waals surface area (Å²) in [6.45, 7) is 8.79. The number of hydrogen-bond donors (Lipinski definition) is 0. The molecule has 1 amide bonds. The number of hydrogen-bond acceptors (Lipinski definition) is 8. The van der Waals surface area contributed by atoms with E-state index >= 15 is 0 Å². The molecule has 0 N–H and O–H groups in total. The summed E-state index contributed by atoms with van der Waals surface area (Å²) in [5.41, 5.74) is -1.80. The lowest BCUT2D eigenvalue weighted by Crippen LogP contribution is -2.44. The van der Waals surface area contributed by atoms with E-state index in [0.29, 0.717) is 26.3 Å². The largest absolute Gasteiger partial charge is 0.469 e. The molecular formula is C19H33NO8. The first kappa shape index (κ1) is 26.2. The maximum atomic E-state index is 11.8. The van der Waals surface area contributed by atoms with Crippen molar-refractivity contribution >= 4 is 23.4 Å². The molecule has 1 aliphatic heterocycles. The maximum Gasteiger partial charge on any atom is 0.313 e. The SMILES string of the molecule is COC(=O)CC(=O)C(C)(C)OC.COC(C)(C)C(=O)CC(=O)N1CCOCC1. The van der Waals surface area contributed by atoms with E-state index in [1.54, 1.807) is 32.6 Å². The number of morpholine rings is 1. The highest BCUT2D eigenvalue weighted by atomic mass is 16.5. The van der Waals surface area contributed by atoms with E-state index in [1.165, 1.54) is 21.3 Å². The van der Waals surface area contributed by atoms with Gasteiger partial charge in [-0.25, -0.2) is 0 Å². The second-order valence-electron chi connectivity index (χ2n) is 7.20. The van der Waals surface area contributed by atoms with Gasteiger partial charge in [-0.05, 0) is 27.7 Å². The van der Waals surface area contributed by atoms with E-state index in [2.05, 4.69) is 4.74 Å². The zero-order valence-corrected chi connectivity index (χ0v) is 18.0. The highest BCUT2D eigenvalue weighted by Crippen LogP contribution is 2.13. The number of amides is 1. The van der Waals surface area contributed by atoms with Crippen molar-refractivity contribution in [1.82, 2.24) is 4.90 Å². The summed E-state index contributed by atoms with van der Waals surface area (Å²) in [6.07, 6.45) is -0.335. The predicted molar refractivity (Wildman–Crippen MR) is 101 cm³/mol. The fraction of sp³-hybridized carbons (Fsp3) is 0.789. The standard InChI is InChI=1S/C11H19NO4.C8H14O4/c1-11(2,15-3)9(13)8-10(14)12-4-6-16-7-5-12;1-8(2,12-4)6(9)5-7(10)11-3/h4-8H2,1-3H3;5H2,1-4H3. The van der Waals surface area contributed by atoms with Crippen LogP contribution in [0.5, 0.6) is 0 Å². The molecule has 0 aliphatic carbocycles. The Kier molecular flexibility index (Phi) is 11.1. The van der Waals surface area contributed by atoms with Crippen LogP contribution in [0.3, 0.4) is 0 Å². The molecule has 0 spiro atoms. The minimum atomic E-state index is -0.909. The molecule has 0 aromatic heterocycles. The number of rotatable bonds is 8. The number of carbonyl (C=O) groups is 4. The van der Waals surface area contributed by atoms with Crippen molar-refractivity contribution in [3.05, 3.63) is 0 Å². The lowest BCUT2D eigenvalue weighted by molar-refractivity contribution is -0.149. The highest BCUT2D eigenvalue weighted by Gasteiger charge is 2.30. The van der Waals surface area contributed by atoms with Gasteiger partial charge in [-0.2, -0.15) is 0 Å². The molecule has 1 rings (SSSR count). The molecule has 28 heavy (non-hydrogen) atoms. The third-order valence-electron chi connectivity index (χ3n) is 4.57. The molecule has 0 radical (unpaired) electrons. The van der Waals surface area contributed by atoms with Crippen LogP contribution < -0.4 is 0 Å². The Morgan fingerprint density at radius 1 is 0.821 bits per heavy atom. The van der Waals surface area contributed by atoms with Gasteiger partial charge in [0.05, 0.1) is 26.7 Å². The topological polar surface area (TPSA) is 108 Å². The normalized spacial score (nSPS) is 14.6. The Bertz CT molecular complexity index is 550. The molecule has 9 nitrogen and oxygen atoms in total. The van der Waals surface area contributed by atoms with Crippen LogP contribution in [0.15, 0.2) is 0 Å². The molecule has 0 unspecified atom stereocenters. The fourth-order valence-corrected chi connectivity index (χ4v) is 1.92. The molecule has 9 heteroatoms. The van der Waals surface area contributed by atoms with E-state index < -0.39 is 17.2 Å². The van der Waals surface area contributed by atoms with Gasteiger partial charge in [0, 0.05) is 27.3 Å². The van der Waals surface area contributed by atoms with Crippen molar-refractivity contribution in [3.8, 4) is 0 Å². The van der Waals surface area contributed by atoms with Crippen molar-refractivity contribution in [2.75, 3.05) is 47.6 Å². The number of ether oxygens (including phenoxy) is 4. The zero-order chi connectivity index (χ0) is 22.0. The fourth-order valence-electron chi connectivity index (χ4n) is 1.92. The second kappa shape index (κ2) is 11.9. The average Bonchev–Trinajstić information content (AvgIpc) is 2.68. The third kappa shape index (κ3) is 8.90. The Morgan fingerprint density at radius 2 is 1.25 bits per heavy atom. The quantitative estimate of drug-likeness (QED) is 0.432. The number of nitrogens with zero attached hydrogens (tertiary/aromatic N) is 1. The lowest BCUT2D eigenvalue weighted by atomic mass is 10.0. The molecule has 0 bridgehead atoms. The molecule has 0 aromatic carbocycles. The molecule has 1 saturated heterocycles. The van der Waals surface area contributed by atoms with E-state index in [0.717, 1.165) is 0 Å². The molecule has 1 fully saturated rings. The van der Waals surface area contributed by atoms with E-state index in [-0.39, 0.29) is 30.3 Å². The minimum Gasteiger partial charge on any atom is -0.469 e. The molecule has 1 aliphatic rings. The number of esters is 1. The smallest absolute Gasteiger partial charge is 0.313 e. The summed E-state index contributed by atoms with van der Waals surface area (Å²) in [4.78, 5) is 47.1. The van der Waals surface area contributed by atoms with Gasteiger partial charge in [-0.3, -0.25) is 19.2 Å². The number of ketones is 2. The molecule has 0 atom stereocenters. The summed E-state index contributed by atoms with van der Waals surface area (Å²) in [7, 11) is 4.14. The summed E-state index contributed by atoms with van der Waals surface area (Å²) < 4.78 is 19.4. The van der Waals surface area contributed by atoms with Crippen LogP contribution in [0.25, 0.3) is 0 Å². The third-order valence-corrected chi connectivity index (χ3v) is 4.57. The first-order valence-electron chi connectivity index (χ1n) is 9.00. The first-order chi connectivity index (χ1) is 12.9.